The number of carbonyl (C=O) groups is 1. The van der Waals surface area contributed by atoms with Crippen LogP contribution in [0.1, 0.15) is 45.6 Å². The molecule has 1 N–H and O–H groups in total. The number of aryl methyl sites for hydroxylation is 1. The Morgan fingerprint density at radius 1 is 1.30 bits per heavy atom. The van der Waals surface area contributed by atoms with Crippen molar-refractivity contribution in [1.29, 1.82) is 0 Å². The summed E-state index contributed by atoms with van der Waals surface area (Å²) < 4.78 is 0. The molecule has 2 atom stereocenters. The van der Waals surface area contributed by atoms with Gasteiger partial charge in [-0.3, -0.25) is 9.69 Å². The molecule has 0 fully saturated rings. The minimum Gasteiger partial charge on any atom is -0.388 e. The third-order valence-electron chi connectivity index (χ3n) is 4.49. The molecule has 1 aromatic carbocycles. The Labute approximate surface area is 141 Å². The van der Waals surface area contributed by atoms with E-state index in [0.717, 1.165) is 31.4 Å². The fraction of sp³-hybridized carbons (Fsp3) is 0.550. The predicted octanol–water partition coefficient (Wildman–Crippen LogP) is 4.30. The molecule has 0 spiro atoms. The van der Waals surface area contributed by atoms with Crippen molar-refractivity contribution >= 4 is 11.5 Å². The highest BCUT2D eigenvalue weighted by molar-refractivity contribution is 5.81. The molecule has 3 heteroatoms. The molecule has 0 unspecified atom stereocenters. The van der Waals surface area contributed by atoms with E-state index >= 15 is 0 Å². The van der Waals surface area contributed by atoms with Crippen LogP contribution in [0.5, 0.6) is 0 Å². The molecule has 0 aliphatic rings. The molecule has 0 bridgehead atoms. The quantitative estimate of drug-likeness (QED) is 0.653. The Morgan fingerprint density at radius 2 is 1.96 bits per heavy atom. The lowest BCUT2D eigenvalue weighted by atomic mass is 10.0. The molecule has 1 aromatic rings. The van der Waals surface area contributed by atoms with E-state index in [4.69, 9.17) is 0 Å². The smallest absolute Gasteiger partial charge is 0.146 e. The number of ketones is 1. The van der Waals surface area contributed by atoms with Gasteiger partial charge in [-0.1, -0.05) is 31.2 Å². The van der Waals surface area contributed by atoms with Crippen LogP contribution >= 0.6 is 0 Å². The van der Waals surface area contributed by atoms with Gasteiger partial charge in [0.1, 0.15) is 5.78 Å². The minimum absolute atomic E-state index is 0.0195. The summed E-state index contributed by atoms with van der Waals surface area (Å²) in [6.07, 6.45) is 8.44. The molecular formula is C20H32N2O. The van der Waals surface area contributed by atoms with Crippen LogP contribution in [0, 0.1) is 0 Å². The summed E-state index contributed by atoms with van der Waals surface area (Å²) in [5.41, 5.74) is 2.51. The molecule has 0 saturated heterocycles. The van der Waals surface area contributed by atoms with Gasteiger partial charge >= 0.3 is 0 Å². The predicted molar refractivity (Wildman–Crippen MR) is 100 cm³/mol. The Balaban J connectivity index is 2.60. The number of benzene rings is 1. The number of allylic oxidation sites excluding steroid dienone is 1. The zero-order valence-electron chi connectivity index (χ0n) is 15.3. The molecule has 0 radical (unpaired) electrons. The number of Topliss-reactive ketones (excluding diaryl/α,β-unsaturated/α-hetero) is 1. The van der Waals surface area contributed by atoms with Gasteiger partial charge in [-0.2, -0.15) is 0 Å². The second-order valence-corrected chi connectivity index (χ2v) is 6.13. The average Bonchev–Trinajstić information content (AvgIpc) is 2.54. The first-order chi connectivity index (χ1) is 11.0. The number of likely N-dealkylation sites (N-methyl/N-ethyl adjacent to an activating group) is 1. The first-order valence-electron chi connectivity index (χ1n) is 8.65. The summed E-state index contributed by atoms with van der Waals surface area (Å²) in [5, 5.41) is 3.14. The second-order valence-electron chi connectivity index (χ2n) is 6.13. The zero-order valence-corrected chi connectivity index (χ0v) is 15.3. The number of anilines is 1. The van der Waals surface area contributed by atoms with Crippen molar-refractivity contribution in [2.24, 2.45) is 0 Å². The van der Waals surface area contributed by atoms with Crippen molar-refractivity contribution in [3.8, 4) is 0 Å². The molecule has 0 aliphatic carbocycles. The van der Waals surface area contributed by atoms with Crippen LogP contribution in [0.25, 0.3) is 0 Å². The highest BCUT2D eigenvalue weighted by Crippen LogP contribution is 2.17. The van der Waals surface area contributed by atoms with E-state index in [2.05, 4.69) is 60.6 Å². The molecule has 0 saturated carbocycles. The van der Waals surface area contributed by atoms with E-state index in [1.807, 2.05) is 14.0 Å². The van der Waals surface area contributed by atoms with Gasteiger partial charge in [-0.25, -0.2) is 0 Å². The normalized spacial score (nSPS) is 14.2. The van der Waals surface area contributed by atoms with Gasteiger partial charge in [-0.15, -0.1) is 0 Å². The van der Waals surface area contributed by atoms with Crippen LogP contribution in [0.15, 0.2) is 36.4 Å². The zero-order chi connectivity index (χ0) is 17.2. The van der Waals surface area contributed by atoms with Crippen molar-refractivity contribution in [3.63, 3.8) is 0 Å². The van der Waals surface area contributed by atoms with Crippen LogP contribution in [0.2, 0.25) is 0 Å². The van der Waals surface area contributed by atoms with E-state index < -0.39 is 0 Å². The molecule has 3 nitrogen and oxygen atoms in total. The first-order valence-corrected chi connectivity index (χ1v) is 8.65. The summed E-state index contributed by atoms with van der Waals surface area (Å²) in [7, 11) is 4.01. The average molecular weight is 316 g/mol. The highest BCUT2D eigenvalue weighted by atomic mass is 16.1. The van der Waals surface area contributed by atoms with Gasteiger partial charge in [0.2, 0.25) is 0 Å². The number of nitrogens with zero attached hydrogens (tertiary/aromatic N) is 1. The van der Waals surface area contributed by atoms with Crippen LogP contribution in [0.3, 0.4) is 0 Å². The number of nitrogens with one attached hydrogen (secondary N) is 1. The lowest BCUT2D eigenvalue weighted by Gasteiger charge is -2.31. The number of hydrogen-bond acceptors (Lipinski definition) is 3. The number of carbonyl (C=O) groups excluding carboxylic acids is 1. The number of hydrogen-bond donors (Lipinski definition) is 1. The standard InChI is InChI=1S/C20H32N2O/c1-6-9-19(22(5)20(7-2)16(3)23)11-8-10-17-12-14-18(21-4)15-13-17/h6,9,12-15,19-21H,7-8,10-11H2,1-5H3/b9-6+/t19-,20-/m0/s1. The largest absolute Gasteiger partial charge is 0.388 e. The Morgan fingerprint density at radius 3 is 2.43 bits per heavy atom. The Bertz CT molecular complexity index is 493. The summed E-state index contributed by atoms with van der Waals surface area (Å²) in [4.78, 5) is 14.0. The van der Waals surface area contributed by atoms with Gasteiger partial charge < -0.3 is 5.32 Å². The maximum atomic E-state index is 11.8. The van der Waals surface area contributed by atoms with Crippen LogP contribution in [0.4, 0.5) is 5.69 Å². The molecule has 23 heavy (non-hydrogen) atoms. The third kappa shape index (κ3) is 6.19. The van der Waals surface area contributed by atoms with Gasteiger partial charge in [0.25, 0.3) is 0 Å². The van der Waals surface area contributed by atoms with E-state index in [1.54, 1.807) is 6.92 Å². The third-order valence-corrected chi connectivity index (χ3v) is 4.49. The SMILES string of the molecule is C/C=C/[C@@H](CCCc1ccc(NC)cc1)N(C)[C@@H](CC)C(C)=O. The van der Waals surface area contributed by atoms with Gasteiger partial charge in [0, 0.05) is 18.8 Å². The number of rotatable bonds is 10. The molecule has 128 valence electrons. The van der Waals surface area contributed by atoms with Crippen LogP contribution in [-0.2, 0) is 11.2 Å². The summed E-state index contributed by atoms with van der Waals surface area (Å²) in [6.45, 7) is 5.82. The molecule has 0 aliphatic heterocycles. The van der Waals surface area contributed by atoms with Crippen molar-refractivity contribution in [2.45, 2.75) is 58.5 Å². The molecule has 1 rings (SSSR count). The van der Waals surface area contributed by atoms with Crippen molar-refractivity contribution in [2.75, 3.05) is 19.4 Å². The van der Waals surface area contributed by atoms with Crippen molar-refractivity contribution in [1.82, 2.24) is 4.90 Å². The Hall–Kier alpha value is -1.61. The fourth-order valence-electron chi connectivity index (χ4n) is 3.10. The van der Waals surface area contributed by atoms with Crippen molar-refractivity contribution < 1.29 is 4.79 Å². The first kappa shape index (κ1) is 19.4. The van der Waals surface area contributed by atoms with E-state index in [9.17, 15) is 4.79 Å². The summed E-state index contributed by atoms with van der Waals surface area (Å²) in [6, 6.07) is 8.95. The monoisotopic (exact) mass is 316 g/mol. The summed E-state index contributed by atoms with van der Waals surface area (Å²) >= 11 is 0. The van der Waals surface area contributed by atoms with E-state index in [0.29, 0.717) is 6.04 Å². The van der Waals surface area contributed by atoms with Gasteiger partial charge in [0.15, 0.2) is 0 Å². The molecule has 0 aromatic heterocycles. The minimum atomic E-state index is 0.0195. The maximum Gasteiger partial charge on any atom is 0.146 e. The lowest BCUT2D eigenvalue weighted by Crippen LogP contribution is -2.43. The molecule has 0 heterocycles. The molecule has 0 amide bonds. The lowest BCUT2D eigenvalue weighted by molar-refractivity contribution is -0.122. The topological polar surface area (TPSA) is 32.3 Å². The van der Waals surface area contributed by atoms with E-state index in [-0.39, 0.29) is 11.8 Å². The van der Waals surface area contributed by atoms with Crippen molar-refractivity contribution in [3.05, 3.63) is 42.0 Å². The second kappa shape index (κ2) is 10.2. The van der Waals surface area contributed by atoms with E-state index in [1.165, 1.54) is 5.56 Å². The molecular weight excluding hydrogens is 284 g/mol. The summed E-state index contributed by atoms with van der Waals surface area (Å²) in [5.74, 6) is 0.257. The Kier molecular flexibility index (Phi) is 8.64. The van der Waals surface area contributed by atoms with Gasteiger partial charge in [0.05, 0.1) is 6.04 Å². The van der Waals surface area contributed by atoms with Crippen LogP contribution < -0.4 is 5.32 Å². The van der Waals surface area contributed by atoms with Gasteiger partial charge in [-0.05, 0) is 64.3 Å². The maximum absolute atomic E-state index is 11.8. The fourth-order valence-corrected chi connectivity index (χ4v) is 3.10. The van der Waals surface area contributed by atoms with Crippen LogP contribution in [-0.4, -0.2) is 36.9 Å². The highest BCUT2D eigenvalue weighted by Gasteiger charge is 2.22.